The fraction of sp³-hybridized carbons (Fsp3) is 0.286. The molecule has 1 saturated heterocycles. The molecule has 178 valence electrons. The van der Waals surface area contributed by atoms with E-state index in [2.05, 4.69) is 39.2 Å². The lowest BCUT2D eigenvalue weighted by molar-refractivity contribution is 0.255. The van der Waals surface area contributed by atoms with Crippen molar-refractivity contribution in [2.75, 3.05) is 44.7 Å². The molecule has 4 aromatic rings. The van der Waals surface area contributed by atoms with Crippen molar-refractivity contribution < 1.29 is 4.74 Å². The van der Waals surface area contributed by atoms with Gasteiger partial charge < -0.3 is 14.6 Å². The number of benzene rings is 2. The lowest BCUT2D eigenvalue weighted by Crippen LogP contribution is -2.46. The van der Waals surface area contributed by atoms with Gasteiger partial charge in [0, 0.05) is 66.9 Å². The predicted molar refractivity (Wildman–Crippen MR) is 139 cm³/mol. The van der Waals surface area contributed by atoms with E-state index in [9.17, 15) is 10.1 Å². The number of nitriles is 1. The van der Waals surface area contributed by atoms with E-state index in [0.717, 1.165) is 62.2 Å². The minimum absolute atomic E-state index is 0.108. The Labute approximate surface area is 204 Å². The summed E-state index contributed by atoms with van der Waals surface area (Å²) in [6.45, 7) is 5.11. The Bertz CT molecular complexity index is 1410. The first-order valence-electron chi connectivity index (χ1n) is 12.0. The molecule has 3 heterocycles. The van der Waals surface area contributed by atoms with Gasteiger partial charge in [0.15, 0.2) is 0 Å². The molecular weight excluding hydrogens is 438 g/mol. The topological polar surface area (TPSA) is 77.3 Å². The van der Waals surface area contributed by atoms with Gasteiger partial charge >= 0.3 is 0 Å². The highest BCUT2D eigenvalue weighted by Crippen LogP contribution is 2.22. The molecule has 0 spiro atoms. The predicted octanol–water partition coefficient (Wildman–Crippen LogP) is 3.95. The number of methoxy groups -OCH3 is 1. The number of aromatic nitrogens is 2. The Hall–Kier alpha value is -4.02. The Morgan fingerprint density at radius 3 is 2.49 bits per heavy atom. The molecule has 1 N–H and O–H groups in total. The third kappa shape index (κ3) is 4.93. The highest BCUT2D eigenvalue weighted by atomic mass is 16.5. The van der Waals surface area contributed by atoms with Crippen molar-refractivity contribution in [3.05, 3.63) is 88.5 Å². The van der Waals surface area contributed by atoms with Gasteiger partial charge in [0.25, 0.3) is 5.56 Å². The first kappa shape index (κ1) is 22.8. The van der Waals surface area contributed by atoms with E-state index in [4.69, 9.17) is 4.74 Å². The van der Waals surface area contributed by atoms with Gasteiger partial charge in [-0.3, -0.25) is 14.3 Å². The van der Waals surface area contributed by atoms with E-state index >= 15 is 0 Å². The van der Waals surface area contributed by atoms with E-state index in [1.807, 2.05) is 30.3 Å². The number of aryl methyl sites for hydroxylation is 1. The maximum absolute atomic E-state index is 12.3. The molecule has 0 amide bonds. The summed E-state index contributed by atoms with van der Waals surface area (Å²) in [7, 11) is 1.56. The van der Waals surface area contributed by atoms with Crippen LogP contribution in [0, 0.1) is 11.3 Å². The zero-order chi connectivity index (χ0) is 24.2. The lowest BCUT2D eigenvalue weighted by atomic mass is 10.1. The van der Waals surface area contributed by atoms with Gasteiger partial charge in [0.2, 0.25) is 0 Å². The summed E-state index contributed by atoms with van der Waals surface area (Å²) >= 11 is 0. The van der Waals surface area contributed by atoms with Crippen LogP contribution in [0.4, 0.5) is 5.69 Å². The fourth-order valence-electron chi connectivity index (χ4n) is 4.80. The summed E-state index contributed by atoms with van der Waals surface area (Å²) in [6, 6.07) is 19.5. The van der Waals surface area contributed by atoms with Gasteiger partial charge in [-0.1, -0.05) is 0 Å². The molecule has 0 unspecified atom stereocenters. The number of anilines is 1. The number of rotatable bonds is 7. The Kier molecular flexibility index (Phi) is 6.55. The fourth-order valence-corrected chi connectivity index (χ4v) is 4.80. The summed E-state index contributed by atoms with van der Waals surface area (Å²) < 4.78 is 6.75. The molecular formula is C28H29N5O2. The van der Waals surface area contributed by atoms with Crippen LogP contribution in [0.3, 0.4) is 0 Å². The van der Waals surface area contributed by atoms with Gasteiger partial charge in [-0.2, -0.15) is 5.26 Å². The van der Waals surface area contributed by atoms with Crippen molar-refractivity contribution in [2.45, 2.75) is 12.8 Å². The smallest absolute Gasteiger partial charge is 0.258 e. The Morgan fingerprint density at radius 2 is 1.77 bits per heavy atom. The van der Waals surface area contributed by atoms with Crippen LogP contribution in [0.25, 0.3) is 16.6 Å². The normalized spacial score (nSPS) is 14.2. The highest BCUT2D eigenvalue weighted by Gasteiger charge is 2.17. The van der Waals surface area contributed by atoms with E-state index < -0.39 is 0 Å². The van der Waals surface area contributed by atoms with Crippen LogP contribution in [-0.4, -0.2) is 54.3 Å². The summed E-state index contributed by atoms with van der Waals surface area (Å²) in [5.74, 6) is 0.565. The van der Waals surface area contributed by atoms with Crippen LogP contribution in [0.5, 0.6) is 5.75 Å². The van der Waals surface area contributed by atoms with Crippen molar-refractivity contribution in [3.63, 3.8) is 0 Å². The summed E-state index contributed by atoms with van der Waals surface area (Å²) in [4.78, 5) is 20.6. The van der Waals surface area contributed by atoms with E-state index in [0.29, 0.717) is 11.3 Å². The van der Waals surface area contributed by atoms with Gasteiger partial charge in [-0.15, -0.1) is 0 Å². The van der Waals surface area contributed by atoms with Crippen LogP contribution in [0.1, 0.15) is 17.5 Å². The molecule has 7 nitrogen and oxygen atoms in total. The number of nitrogens with one attached hydrogen (secondary N) is 1. The van der Waals surface area contributed by atoms with Gasteiger partial charge in [0.1, 0.15) is 5.75 Å². The summed E-state index contributed by atoms with van der Waals surface area (Å²) in [5.41, 5.74) is 5.01. The van der Waals surface area contributed by atoms with Crippen LogP contribution in [-0.2, 0) is 6.42 Å². The zero-order valence-corrected chi connectivity index (χ0v) is 19.9. The third-order valence-corrected chi connectivity index (χ3v) is 6.81. The van der Waals surface area contributed by atoms with Crippen molar-refractivity contribution in [1.29, 1.82) is 5.26 Å². The van der Waals surface area contributed by atoms with Crippen molar-refractivity contribution >= 4 is 16.6 Å². The molecule has 1 fully saturated rings. The molecule has 0 atom stereocenters. The number of piperazine rings is 1. The Morgan fingerprint density at radius 1 is 1.00 bits per heavy atom. The number of fused-ring (bicyclic) bond motifs is 1. The maximum Gasteiger partial charge on any atom is 0.258 e. The summed E-state index contributed by atoms with van der Waals surface area (Å²) in [5, 5.41) is 10.3. The van der Waals surface area contributed by atoms with Gasteiger partial charge in [-0.25, -0.2) is 0 Å². The van der Waals surface area contributed by atoms with Gasteiger partial charge in [-0.05, 0) is 73.5 Å². The minimum atomic E-state index is -0.108. The number of aromatic amines is 1. The number of nitrogens with zero attached hydrogens (tertiary/aromatic N) is 4. The molecule has 0 aliphatic carbocycles. The quantitative estimate of drug-likeness (QED) is 0.445. The van der Waals surface area contributed by atoms with E-state index in [-0.39, 0.29) is 5.56 Å². The number of H-pyrrole nitrogens is 1. The SMILES string of the molecule is COc1ccn(-c2ccc(N3CCN(CCCc4c[nH]c5ccc(C#N)cc45)CC3)cc2)c(=O)c1. The van der Waals surface area contributed by atoms with Crippen LogP contribution in [0.15, 0.2) is 71.8 Å². The molecule has 0 radical (unpaired) electrons. The number of hydrogen-bond acceptors (Lipinski definition) is 5. The largest absolute Gasteiger partial charge is 0.497 e. The lowest BCUT2D eigenvalue weighted by Gasteiger charge is -2.36. The molecule has 1 aliphatic heterocycles. The van der Waals surface area contributed by atoms with Gasteiger partial charge in [0.05, 0.1) is 18.7 Å². The molecule has 2 aromatic heterocycles. The maximum atomic E-state index is 12.3. The second-order valence-electron chi connectivity index (χ2n) is 8.91. The first-order chi connectivity index (χ1) is 17.1. The molecule has 35 heavy (non-hydrogen) atoms. The van der Waals surface area contributed by atoms with E-state index in [1.165, 1.54) is 17.3 Å². The van der Waals surface area contributed by atoms with Crippen LogP contribution < -0.4 is 15.2 Å². The van der Waals surface area contributed by atoms with Crippen molar-refractivity contribution in [1.82, 2.24) is 14.5 Å². The van der Waals surface area contributed by atoms with Crippen molar-refractivity contribution in [2.24, 2.45) is 0 Å². The average molecular weight is 468 g/mol. The van der Waals surface area contributed by atoms with Crippen LogP contribution >= 0.6 is 0 Å². The van der Waals surface area contributed by atoms with Crippen LogP contribution in [0.2, 0.25) is 0 Å². The highest BCUT2D eigenvalue weighted by molar-refractivity contribution is 5.84. The number of hydrogen-bond donors (Lipinski definition) is 1. The second kappa shape index (κ2) is 10.1. The second-order valence-corrected chi connectivity index (χ2v) is 8.91. The minimum Gasteiger partial charge on any atom is -0.497 e. The van der Waals surface area contributed by atoms with E-state index in [1.54, 1.807) is 23.9 Å². The molecule has 1 aliphatic rings. The molecule has 5 rings (SSSR count). The van der Waals surface area contributed by atoms with Crippen molar-refractivity contribution in [3.8, 4) is 17.5 Å². The molecule has 7 heteroatoms. The monoisotopic (exact) mass is 467 g/mol. The number of pyridine rings is 1. The first-order valence-corrected chi connectivity index (χ1v) is 12.0. The summed E-state index contributed by atoms with van der Waals surface area (Å²) in [6.07, 6.45) is 5.91. The zero-order valence-electron chi connectivity index (χ0n) is 19.9. The standard InChI is InChI=1S/C28H29N5O2/c1-35-25-10-12-33(28(34)18-25)24-7-5-23(6-8-24)32-15-13-31(14-16-32)11-2-3-22-20-30-27-9-4-21(19-29)17-26(22)27/h4-10,12,17-18,20,30H,2-3,11,13-16H2,1H3. The molecule has 0 bridgehead atoms. The Balaban J connectivity index is 1.13. The molecule has 0 saturated carbocycles. The number of ether oxygens (including phenoxy) is 1. The third-order valence-electron chi connectivity index (χ3n) is 6.81. The average Bonchev–Trinajstić information content (AvgIpc) is 3.31. The molecule has 2 aromatic carbocycles.